The van der Waals surface area contributed by atoms with Crippen LogP contribution in [0.5, 0.6) is 11.5 Å². The zero-order chi connectivity index (χ0) is 26.2. The van der Waals surface area contributed by atoms with Crippen molar-refractivity contribution in [3.63, 3.8) is 0 Å². The van der Waals surface area contributed by atoms with E-state index in [1.807, 2.05) is 0 Å². The topological polar surface area (TPSA) is 81.6 Å². The Morgan fingerprint density at radius 3 is 2.55 bits per heavy atom. The summed E-state index contributed by atoms with van der Waals surface area (Å²) in [5, 5.41) is 0. The van der Waals surface area contributed by atoms with Crippen molar-refractivity contribution in [3.8, 4) is 22.6 Å². The molecule has 2 N–H and O–H groups in total. The number of nitrogens with two attached hydrogens (primary N) is 1. The number of pyridine rings is 1. The fourth-order valence-corrected chi connectivity index (χ4v) is 5.54. The molecule has 1 atom stereocenters. The maximum Gasteiger partial charge on any atom is 0.251 e. The third-order valence-corrected chi connectivity index (χ3v) is 7.42. The quantitative estimate of drug-likeness (QED) is 0.296. The van der Waals surface area contributed by atoms with E-state index in [-0.39, 0.29) is 43.2 Å². The smallest absolute Gasteiger partial charge is 0.251 e. The number of ether oxygens (including phenoxy) is 1. The van der Waals surface area contributed by atoms with Gasteiger partial charge in [0, 0.05) is 73.0 Å². The van der Waals surface area contributed by atoms with Crippen LogP contribution in [0.4, 0.5) is 23.2 Å². The summed E-state index contributed by atoms with van der Waals surface area (Å²) in [6.07, 6.45) is 3.91. The van der Waals surface area contributed by atoms with Gasteiger partial charge in [0.25, 0.3) is 5.92 Å². The van der Waals surface area contributed by atoms with Crippen LogP contribution in [0.2, 0.25) is 0 Å². The molecule has 3 aliphatic heterocycles. The molecule has 7 rings (SSSR count). The lowest BCUT2D eigenvalue weighted by Gasteiger charge is -2.37. The van der Waals surface area contributed by atoms with Gasteiger partial charge in [0.2, 0.25) is 11.9 Å². The number of hydrogen-bond acceptors (Lipinski definition) is 6. The molecule has 0 amide bonds. The summed E-state index contributed by atoms with van der Waals surface area (Å²) in [4.78, 5) is 14.8. The molecule has 192 valence electrons. The van der Waals surface area contributed by atoms with E-state index in [0.717, 1.165) is 0 Å². The molecule has 5 heterocycles. The van der Waals surface area contributed by atoms with Crippen LogP contribution in [0.1, 0.15) is 29.8 Å². The number of nitrogens with zero attached hydrogens (tertiary/aromatic N) is 5. The SMILES string of the molecule is NC1=N[C@@]2(c3cc(-c4cccnc4F)ccc3Oc3c(F)cc(N4CCC(F)(F)CC4)cc32)c2nccn21. The van der Waals surface area contributed by atoms with Gasteiger partial charge in [-0.05, 0) is 35.9 Å². The first-order chi connectivity index (χ1) is 18.3. The standard InChI is InChI=1S/C27H20F4N6O/c28-20-14-16(36-9-5-26(30,31)6-10-36)13-19-22(20)38-21-4-3-15(17-2-1-7-33-23(17)29)12-18(21)27(19)24-34-8-11-37(24)25(32)35-27/h1-4,7-8,11-14H,5-6,9-10H2,(H2,32,35)/t27-/m1/s1. The number of benzene rings is 2. The normalized spacial score (nSPS) is 20.9. The minimum absolute atomic E-state index is 0.0584. The third-order valence-electron chi connectivity index (χ3n) is 7.42. The average Bonchev–Trinajstić information content (AvgIpc) is 3.49. The Kier molecular flexibility index (Phi) is 4.67. The van der Waals surface area contributed by atoms with Gasteiger partial charge in [-0.25, -0.2) is 28.1 Å². The van der Waals surface area contributed by atoms with Crippen LogP contribution in [0.15, 0.2) is 66.0 Å². The molecule has 38 heavy (non-hydrogen) atoms. The van der Waals surface area contributed by atoms with E-state index < -0.39 is 23.2 Å². The van der Waals surface area contributed by atoms with Crippen molar-refractivity contribution in [3.05, 3.63) is 89.8 Å². The van der Waals surface area contributed by atoms with Gasteiger partial charge < -0.3 is 15.4 Å². The first-order valence-electron chi connectivity index (χ1n) is 12.1. The van der Waals surface area contributed by atoms with Crippen LogP contribution in [0, 0.1) is 11.8 Å². The molecular formula is C27H20F4N6O. The molecule has 0 aliphatic carbocycles. The Labute approximate surface area is 214 Å². The first-order valence-corrected chi connectivity index (χ1v) is 12.1. The molecule has 1 spiro atoms. The lowest BCUT2D eigenvalue weighted by molar-refractivity contribution is -0.0220. The van der Waals surface area contributed by atoms with Gasteiger partial charge in [0.1, 0.15) is 5.75 Å². The van der Waals surface area contributed by atoms with Gasteiger partial charge in [-0.1, -0.05) is 6.07 Å². The summed E-state index contributed by atoms with van der Waals surface area (Å²) in [6, 6.07) is 11.2. The monoisotopic (exact) mass is 520 g/mol. The Hall–Kier alpha value is -4.41. The second-order valence-corrected chi connectivity index (χ2v) is 9.60. The molecule has 2 aromatic carbocycles. The number of hydrogen-bond donors (Lipinski definition) is 1. The summed E-state index contributed by atoms with van der Waals surface area (Å²) in [5.74, 6) is -3.27. The number of aromatic nitrogens is 3. The van der Waals surface area contributed by atoms with E-state index in [1.165, 1.54) is 12.3 Å². The zero-order valence-electron chi connectivity index (χ0n) is 19.8. The predicted octanol–water partition coefficient (Wildman–Crippen LogP) is 5.03. The van der Waals surface area contributed by atoms with Crippen LogP contribution in [0.3, 0.4) is 0 Å². The highest BCUT2D eigenvalue weighted by molar-refractivity contribution is 5.87. The summed E-state index contributed by atoms with van der Waals surface area (Å²) < 4.78 is 65.6. The van der Waals surface area contributed by atoms with Crippen molar-refractivity contribution in [1.29, 1.82) is 0 Å². The Balaban J connectivity index is 1.46. The van der Waals surface area contributed by atoms with Crippen LogP contribution in [-0.4, -0.2) is 39.5 Å². The molecule has 4 aromatic rings. The Morgan fingerprint density at radius 1 is 0.947 bits per heavy atom. The average molecular weight is 520 g/mol. The molecule has 2 aromatic heterocycles. The van der Waals surface area contributed by atoms with E-state index >= 15 is 4.39 Å². The van der Waals surface area contributed by atoms with Crippen LogP contribution < -0.4 is 15.4 Å². The van der Waals surface area contributed by atoms with Crippen molar-refractivity contribution in [2.45, 2.75) is 24.3 Å². The Morgan fingerprint density at radius 2 is 1.76 bits per heavy atom. The second-order valence-electron chi connectivity index (χ2n) is 9.60. The number of piperidine rings is 1. The number of anilines is 1. The maximum absolute atomic E-state index is 15.7. The second kappa shape index (κ2) is 7.80. The summed E-state index contributed by atoms with van der Waals surface area (Å²) >= 11 is 0. The number of fused-ring (bicyclic) bond motifs is 6. The molecule has 0 unspecified atom stereocenters. The molecular weight excluding hydrogens is 500 g/mol. The first kappa shape index (κ1) is 22.8. The fourth-order valence-electron chi connectivity index (χ4n) is 5.54. The number of rotatable bonds is 2. The zero-order valence-corrected chi connectivity index (χ0v) is 19.8. The number of halogens is 4. The highest BCUT2D eigenvalue weighted by Gasteiger charge is 2.52. The molecule has 1 saturated heterocycles. The van der Waals surface area contributed by atoms with E-state index in [2.05, 4.69) is 9.97 Å². The molecule has 0 bridgehead atoms. The van der Waals surface area contributed by atoms with E-state index in [4.69, 9.17) is 15.5 Å². The number of aliphatic imine (C=N–C) groups is 1. The minimum atomic E-state index is -2.75. The highest BCUT2D eigenvalue weighted by atomic mass is 19.3. The predicted molar refractivity (Wildman–Crippen MR) is 132 cm³/mol. The molecule has 3 aliphatic rings. The van der Waals surface area contributed by atoms with Crippen LogP contribution in [0.25, 0.3) is 11.1 Å². The van der Waals surface area contributed by atoms with Gasteiger partial charge in [0.15, 0.2) is 22.9 Å². The molecule has 7 nitrogen and oxygen atoms in total. The van der Waals surface area contributed by atoms with Crippen molar-refractivity contribution in [2.75, 3.05) is 18.0 Å². The maximum atomic E-state index is 15.7. The lowest BCUT2D eigenvalue weighted by atomic mass is 9.78. The number of imidazole rings is 1. The third kappa shape index (κ3) is 3.17. The van der Waals surface area contributed by atoms with Gasteiger partial charge >= 0.3 is 0 Å². The summed E-state index contributed by atoms with van der Waals surface area (Å²) in [6.45, 7) is 0.139. The van der Waals surface area contributed by atoms with E-state index in [9.17, 15) is 13.2 Å². The summed E-state index contributed by atoms with van der Waals surface area (Å²) in [5.41, 5.74) is 6.91. The fraction of sp³-hybridized carbons (Fsp3) is 0.222. The molecule has 0 saturated carbocycles. The molecule has 11 heteroatoms. The van der Waals surface area contributed by atoms with Crippen LogP contribution >= 0.6 is 0 Å². The van der Waals surface area contributed by atoms with Gasteiger partial charge in [0.05, 0.1) is 0 Å². The molecule has 0 radical (unpaired) electrons. The van der Waals surface area contributed by atoms with Crippen molar-refractivity contribution < 1.29 is 22.3 Å². The highest BCUT2D eigenvalue weighted by Crippen LogP contribution is 2.56. The van der Waals surface area contributed by atoms with Gasteiger partial charge in [-0.2, -0.15) is 4.39 Å². The van der Waals surface area contributed by atoms with E-state index in [0.29, 0.717) is 34.0 Å². The summed E-state index contributed by atoms with van der Waals surface area (Å²) in [7, 11) is 0. The van der Waals surface area contributed by atoms with Crippen molar-refractivity contribution in [2.24, 2.45) is 10.7 Å². The minimum Gasteiger partial charge on any atom is -0.453 e. The largest absolute Gasteiger partial charge is 0.453 e. The van der Waals surface area contributed by atoms with Gasteiger partial charge in [-0.15, -0.1) is 0 Å². The van der Waals surface area contributed by atoms with Crippen molar-refractivity contribution in [1.82, 2.24) is 14.5 Å². The van der Waals surface area contributed by atoms with Crippen molar-refractivity contribution >= 4 is 11.6 Å². The molecule has 1 fully saturated rings. The lowest BCUT2D eigenvalue weighted by Crippen LogP contribution is -2.39. The van der Waals surface area contributed by atoms with Gasteiger partial charge in [-0.3, -0.25) is 4.57 Å². The Bertz CT molecular complexity index is 1640. The number of alkyl halides is 2. The van der Waals surface area contributed by atoms with Crippen LogP contribution in [-0.2, 0) is 5.54 Å². The van der Waals surface area contributed by atoms with E-state index in [1.54, 1.807) is 58.3 Å².